The van der Waals surface area contributed by atoms with E-state index < -0.39 is 0 Å². The molecule has 1 amide bonds. The molecule has 1 aromatic rings. The molecular weight excluding hydrogens is 288 g/mol. The molecule has 0 unspecified atom stereocenters. The van der Waals surface area contributed by atoms with Gasteiger partial charge in [0.05, 0.1) is 0 Å². The van der Waals surface area contributed by atoms with Crippen LogP contribution in [0.15, 0.2) is 18.2 Å². The molecule has 1 aromatic carbocycles. The highest BCUT2D eigenvalue weighted by Crippen LogP contribution is 2.21. The molecule has 1 atom stereocenters. The summed E-state index contributed by atoms with van der Waals surface area (Å²) in [4.78, 5) is 14.2. The van der Waals surface area contributed by atoms with Crippen molar-refractivity contribution in [2.45, 2.75) is 32.7 Å². The van der Waals surface area contributed by atoms with Crippen molar-refractivity contribution >= 4 is 17.5 Å². The molecular formula is C16H23ClN2O2. The van der Waals surface area contributed by atoms with Crippen LogP contribution in [0.25, 0.3) is 0 Å². The fourth-order valence-corrected chi connectivity index (χ4v) is 2.80. The van der Waals surface area contributed by atoms with E-state index in [-0.39, 0.29) is 12.5 Å². The molecule has 0 saturated carbocycles. The molecule has 1 saturated heterocycles. The summed E-state index contributed by atoms with van der Waals surface area (Å²) in [6, 6.07) is 5.86. The minimum atomic E-state index is -0.0782. The van der Waals surface area contributed by atoms with Crippen molar-refractivity contribution in [1.29, 1.82) is 0 Å². The summed E-state index contributed by atoms with van der Waals surface area (Å²) in [5.41, 5.74) is 0.944. The van der Waals surface area contributed by atoms with Gasteiger partial charge in [0.15, 0.2) is 6.61 Å². The number of hydrogen-bond acceptors (Lipinski definition) is 3. The van der Waals surface area contributed by atoms with Gasteiger partial charge >= 0.3 is 0 Å². The Hall–Kier alpha value is -1.26. The molecule has 0 aromatic heterocycles. The predicted octanol–water partition coefficient (Wildman–Crippen LogP) is 2.63. The number of amides is 1. The monoisotopic (exact) mass is 310 g/mol. The topological polar surface area (TPSA) is 41.6 Å². The van der Waals surface area contributed by atoms with Gasteiger partial charge in [-0.3, -0.25) is 9.69 Å². The Labute approximate surface area is 131 Å². The van der Waals surface area contributed by atoms with E-state index in [1.807, 2.05) is 13.0 Å². The first kappa shape index (κ1) is 16.1. The van der Waals surface area contributed by atoms with Gasteiger partial charge in [-0.05, 0) is 56.6 Å². The maximum atomic E-state index is 11.8. The van der Waals surface area contributed by atoms with Crippen molar-refractivity contribution in [3.63, 3.8) is 0 Å². The van der Waals surface area contributed by atoms with Gasteiger partial charge in [-0.1, -0.05) is 18.5 Å². The Morgan fingerprint density at radius 3 is 3.05 bits per heavy atom. The zero-order chi connectivity index (χ0) is 15.2. The lowest BCUT2D eigenvalue weighted by atomic mass is 10.2. The van der Waals surface area contributed by atoms with Gasteiger partial charge in [0.25, 0.3) is 5.91 Å². The number of rotatable bonds is 6. The number of nitrogens with one attached hydrogen (secondary N) is 1. The Morgan fingerprint density at radius 1 is 1.52 bits per heavy atom. The predicted molar refractivity (Wildman–Crippen MR) is 85.0 cm³/mol. The number of ether oxygens (including phenoxy) is 1. The Morgan fingerprint density at radius 2 is 2.33 bits per heavy atom. The number of likely N-dealkylation sites (tertiary alicyclic amines) is 1. The van der Waals surface area contributed by atoms with Crippen molar-refractivity contribution < 1.29 is 9.53 Å². The number of carbonyl (C=O) groups excluding carboxylic acids is 1. The molecule has 0 radical (unpaired) electrons. The lowest BCUT2D eigenvalue weighted by Crippen LogP contribution is -2.41. The molecule has 0 aliphatic carbocycles. The first-order valence-electron chi connectivity index (χ1n) is 7.50. The molecule has 116 valence electrons. The molecule has 5 heteroatoms. The Bertz CT molecular complexity index is 493. The highest BCUT2D eigenvalue weighted by molar-refractivity contribution is 6.31. The molecule has 0 spiro atoms. The number of halogens is 1. The highest BCUT2D eigenvalue weighted by atomic mass is 35.5. The van der Waals surface area contributed by atoms with Crippen LogP contribution in [0.1, 0.15) is 25.3 Å². The van der Waals surface area contributed by atoms with Crippen LogP contribution in [0.2, 0.25) is 5.02 Å². The summed E-state index contributed by atoms with van der Waals surface area (Å²) in [5.74, 6) is 0.591. The van der Waals surface area contributed by atoms with Crippen molar-refractivity contribution in [2.75, 3.05) is 26.2 Å². The van der Waals surface area contributed by atoms with Gasteiger partial charge in [-0.15, -0.1) is 0 Å². The van der Waals surface area contributed by atoms with Gasteiger partial charge in [-0.2, -0.15) is 0 Å². The summed E-state index contributed by atoms with van der Waals surface area (Å²) in [7, 11) is 0. The lowest BCUT2D eigenvalue weighted by Gasteiger charge is -2.22. The molecule has 0 bridgehead atoms. The molecule has 1 fully saturated rings. The van der Waals surface area contributed by atoms with Crippen LogP contribution >= 0.6 is 11.6 Å². The number of hydrogen-bond donors (Lipinski definition) is 1. The zero-order valence-corrected chi connectivity index (χ0v) is 13.4. The van der Waals surface area contributed by atoms with E-state index in [1.54, 1.807) is 12.1 Å². The van der Waals surface area contributed by atoms with E-state index in [4.69, 9.17) is 16.3 Å². The van der Waals surface area contributed by atoms with Crippen LogP contribution in [-0.4, -0.2) is 43.1 Å². The first-order chi connectivity index (χ1) is 10.1. The van der Waals surface area contributed by atoms with Gasteiger partial charge in [-0.25, -0.2) is 0 Å². The van der Waals surface area contributed by atoms with Crippen molar-refractivity contribution in [3.8, 4) is 5.75 Å². The largest absolute Gasteiger partial charge is 0.484 e. The molecule has 1 heterocycles. The van der Waals surface area contributed by atoms with Crippen LogP contribution in [-0.2, 0) is 4.79 Å². The number of carbonyl (C=O) groups is 1. The van der Waals surface area contributed by atoms with Gasteiger partial charge in [0.2, 0.25) is 0 Å². The fourth-order valence-electron chi connectivity index (χ4n) is 2.68. The maximum absolute atomic E-state index is 11.8. The van der Waals surface area contributed by atoms with Crippen LogP contribution in [0.4, 0.5) is 0 Å². The van der Waals surface area contributed by atoms with Crippen LogP contribution in [0.3, 0.4) is 0 Å². The van der Waals surface area contributed by atoms with E-state index >= 15 is 0 Å². The summed E-state index contributed by atoms with van der Waals surface area (Å²) < 4.78 is 5.49. The molecule has 1 N–H and O–H groups in total. The highest BCUT2D eigenvalue weighted by Gasteiger charge is 2.23. The second-order valence-corrected chi connectivity index (χ2v) is 5.84. The Balaban J connectivity index is 1.73. The van der Waals surface area contributed by atoms with Gasteiger partial charge in [0, 0.05) is 17.6 Å². The van der Waals surface area contributed by atoms with Crippen LogP contribution in [0, 0.1) is 6.92 Å². The summed E-state index contributed by atoms with van der Waals surface area (Å²) in [6.45, 7) is 7.00. The second-order valence-electron chi connectivity index (χ2n) is 5.43. The minimum absolute atomic E-state index is 0.0416. The molecule has 4 nitrogen and oxygen atoms in total. The zero-order valence-electron chi connectivity index (χ0n) is 12.7. The van der Waals surface area contributed by atoms with Gasteiger partial charge < -0.3 is 10.1 Å². The fraction of sp³-hybridized carbons (Fsp3) is 0.562. The molecule has 2 rings (SSSR count). The second kappa shape index (κ2) is 7.66. The normalized spacial score (nSPS) is 18.7. The van der Waals surface area contributed by atoms with Crippen LogP contribution < -0.4 is 10.1 Å². The molecule has 21 heavy (non-hydrogen) atoms. The number of benzene rings is 1. The van der Waals surface area contributed by atoms with Gasteiger partial charge in [0.1, 0.15) is 5.75 Å². The summed E-state index contributed by atoms with van der Waals surface area (Å²) >= 11 is 5.95. The van der Waals surface area contributed by atoms with Crippen LogP contribution in [0.5, 0.6) is 5.75 Å². The maximum Gasteiger partial charge on any atom is 0.257 e. The minimum Gasteiger partial charge on any atom is -0.484 e. The van der Waals surface area contributed by atoms with Crippen molar-refractivity contribution in [1.82, 2.24) is 10.2 Å². The number of likely N-dealkylation sites (N-methyl/N-ethyl adjacent to an activating group) is 1. The summed E-state index contributed by atoms with van der Waals surface area (Å²) in [5, 5.41) is 3.66. The molecule has 1 aliphatic heterocycles. The third-order valence-electron chi connectivity index (χ3n) is 3.94. The lowest BCUT2D eigenvalue weighted by molar-refractivity contribution is -0.123. The van der Waals surface area contributed by atoms with Crippen molar-refractivity contribution in [2.24, 2.45) is 0 Å². The SMILES string of the molecule is CCN1CCC[C@@H]1CNC(=O)COc1ccc(Cl)c(C)c1. The third kappa shape index (κ3) is 4.61. The smallest absolute Gasteiger partial charge is 0.257 e. The average Bonchev–Trinajstić information content (AvgIpc) is 2.94. The quantitative estimate of drug-likeness (QED) is 0.878. The Kier molecular flexibility index (Phi) is 5.88. The van der Waals surface area contributed by atoms with E-state index in [9.17, 15) is 4.79 Å². The molecule has 1 aliphatic rings. The third-order valence-corrected chi connectivity index (χ3v) is 4.36. The van der Waals surface area contributed by atoms with E-state index in [0.717, 1.165) is 25.1 Å². The first-order valence-corrected chi connectivity index (χ1v) is 7.87. The number of nitrogens with zero attached hydrogens (tertiary/aromatic N) is 1. The standard InChI is InChI=1S/C16H23ClN2O2/c1-3-19-8-4-5-13(19)10-18-16(20)11-21-14-6-7-15(17)12(2)9-14/h6-7,9,13H,3-5,8,10-11H2,1-2H3,(H,18,20)/t13-/m1/s1. The van der Waals surface area contributed by atoms with E-state index in [1.165, 1.54) is 6.42 Å². The van der Waals surface area contributed by atoms with E-state index in [2.05, 4.69) is 17.1 Å². The summed E-state index contributed by atoms with van der Waals surface area (Å²) in [6.07, 6.45) is 2.38. The van der Waals surface area contributed by atoms with E-state index in [0.29, 0.717) is 23.4 Å². The number of aryl methyl sites for hydroxylation is 1. The van der Waals surface area contributed by atoms with Crippen molar-refractivity contribution in [3.05, 3.63) is 28.8 Å². The average molecular weight is 311 g/mol.